The monoisotopic (exact) mass is 445 g/mol. The molecule has 166 valence electrons. The minimum Gasteiger partial charge on any atom is -0.364 e. The highest BCUT2D eigenvalue weighted by Gasteiger charge is 2.31. The Kier molecular flexibility index (Phi) is 4.99. The lowest BCUT2D eigenvalue weighted by atomic mass is 10.0. The first-order valence-electron chi connectivity index (χ1n) is 9.46. The Morgan fingerprint density at radius 3 is 2.56 bits per heavy atom. The molecule has 6 N–H and O–H groups in total. The number of aromatic nitrogens is 5. The zero-order valence-corrected chi connectivity index (χ0v) is 16.9. The molecule has 0 aliphatic rings. The number of aromatic amines is 3. The quantitative estimate of drug-likeness (QED) is 0.321. The molecule has 1 aromatic carbocycles. The van der Waals surface area contributed by atoms with Crippen LogP contribution in [0.4, 0.5) is 13.2 Å². The molecule has 0 spiro atoms. The van der Waals surface area contributed by atoms with E-state index in [0.29, 0.717) is 27.9 Å². The predicted octanol–water partition coefficient (Wildman–Crippen LogP) is 3.20. The summed E-state index contributed by atoms with van der Waals surface area (Å²) in [7, 11) is 0. The van der Waals surface area contributed by atoms with E-state index < -0.39 is 29.6 Å². The summed E-state index contributed by atoms with van der Waals surface area (Å²) < 4.78 is 38.9. The number of alkyl halides is 3. The standard InChI is InChI=1S/C20H18F3N7O2/c1-8-12(17-11-4-3-10(20(21,22)23)5-14(11)28-30-17)7-25-16(8)19(32)26-9(2)13-6-15(18(24)31)29-27-13/h3-7,9,25H,1-2H3,(H2,24,31)(H,26,32)(H,27,29)(H,28,30). The molecule has 2 amide bonds. The van der Waals surface area contributed by atoms with E-state index in [1.54, 1.807) is 20.0 Å². The van der Waals surface area contributed by atoms with Crippen LogP contribution in [0.25, 0.3) is 22.2 Å². The molecule has 4 rings (SSSR count). The molecule has 12 heteroatoms. The smallest absolute Gasteiger partial charge is 0.364 e. The van der Waals surface area contributed by atoms with Gasteiger partial charge in [0.25, 0.3) is 11.8 Å². The summed E-state index contributed by atoms with van der Waals surface area (Å²) in [4.78, 5) is 26.9. The highest BCUT2D eigenvalue weighted by atomic mass is 19.4. The number of nitrogens with one attached hydrogen (secondary N) is 4. The number of rotatable bonds is 5. The third kappa shape index (κ3) is 3.70. The van der Waals surface area contributed by atoms with Gasteiger partial charge in [0.2, 0.25) is 0 Å². The molecule has 0 radical (unpaired) electrons. The minimum absolute atomic E-state index is 0.0542. The van der Waals surface area contributed by atoms with Crippen LogP contribution in [-0.4, -0.2) is 37.2 Å². The van der Waals surface area contributed by atoms with E-state index in [2.05, 4.69) is 30.7 Å². The summed E-state index contributed by atoms with van der Waals surface area (Å²) in [5, 5.41) is 16.5. The maximum Gasteiger partial charge on any atom is 0.416 e. The summed E-state index contributed by atoms with van der Waals surface area (Å²) in [6, 6.07) is 4.28. The molecule has 0 saturated carbocycles. The van der Waals surface area contributed by atoms with Gasteiger partial charge in [0.1, 0.15) is 17.1 Å². The summed E-state index contributed by atoms with van der Waals surface area (Å²) in [6.07, 6.45) is -2.89. The number of nitrogens with zero attached hydrogens (tertiary/aromatic N) is 2. The summed E-state index contributed by atoms with van der Waals surface area (Å²) in [6.45, 7) is 3.41. The van der Waals surface area contributed by atoms with Gasteiger partial charge in [0, 0.05) is 17.1 Å². The van der Waals surface area contributed by atoms with Crippen LogP contribution in [0.2, 0.25) is 0 Å². The molecule has 3 heterocycles. The van der Waals surface area contributed by atoms with Gasteiger partial charge in [0.05, 0.1) is 22.8 Å². The number of halogens is 3. The van der Waals surface area contributed by atoms with E-state index in [1.807, 2.05) is 0 Å². The van der Waals surface area contributed by atoms with Crippen molar-refractivity contribution in [1.82, 2.24) is 30.7 Å². The number of primary amides is 1. The van der Waals surface area contributed by atoms with E-state index in [0.717, 1.165) is 12.1 Å². The van der Waals surface area contributed by atoms with Gasteiger partial charge < -0.3 is 16.0 Å². The van der Waals surface area contributed by atoms with E-state index in [1.165, 1.54) is 12.1 Å². The van der Waals surface area contributed by atoms with Crippen molar-refractivity contribution < 1.29 is 22.8 Å². The Morgan fingerprint density at radius 2 is 1.91 bits per heavy atom. The van der Waals surface area contributed by atoms with Crippen LogP contribution < -0.4 is 11.1 Å². The van der Waals surface area contributed by atoms with Crippen molar-refractivity contribution in [2.75, 3.05) is 0 Å². The number of nitrogens with two attached hydrogens (primary N) is 1. The van der Waals surface area contributed by atoms with Crippen molar-refractivity contribution in [3.63, 3.8) is 0 Å². The zero-order chi connectivity index (χ0) is 23.2. The normalized spacial score (nSPS) is 12.8. The highest BCUT2D eigenvalue weighted by molar-refractivity contribution is 5.99. The number of amides is 2. The average Bonchev–Trinajstić information content (AvgIpc) is 3.44. The Labute approximate surface area is 178 Å². The van der Waals surface area contributed by atoms with Crippen molar-refractivity contribution in [2.45, 2.75) is 26.1 Å². The molecule has 0 fully saturated rings. The minimum atomic E-state index is -4.46. The summed E-state index contributed by atoms with van der Waals surface area (Å²) >= 11 is 0. The molecular formula is C20H18F3N7O2. The molecule has 9 nitrogen and oxygen atoms in total. The van der Waals surface area contributed by atoms with Crippen LogP contribution in [0.5, 0.6) is 0 Å². The maximum absolute atomic E-state index is 13.0. The number of H-pyrrole nitrogens is 3. The lowest BCUT2D eigenvalue weighted by Crippen LogP contribution is -2.27. The van der Waals surface area contributed by atoms with E-state index in [4.69, 9.17) is 5.73 Å². The second kappa shape index (κ2) is 7.55. The number of carbonyl (C=O) groups is 2. The number of fused-ring (bicyclic) bond motifs is 1. The average molecular weight is 445 g/mol. The molecule has 0 aliphatic carbocycles. The fourth-order valence-electron chi connectivity index (χ4n) is 3.41. The molecule has 0 aliphatic heterocycles. The highest BCUT2D eigenvalue weighted by Crippen LogP contribution is 2.35. The summed E-state index contributed by atoms with van der Waals surface area (Å²) in [5.74, 6) is -1.11. The second-order valence-corrected chi connectivity index (χ2v) is 7.30. The van der Waals surface area contributed by atoms with Crippen LogP contribution in [0.3, 0.4) is 0 Å². The summed E-state index contributed by atoms with van der Waals surface area (Å²) in [5.41, 5.74) is 7.03. The van der Waals surface area contributed by atoms with Crippen molar-refractivity contribution in [3.05, 3.63) is 58.7 Å². The molecule has 32 heavy (non-hydrogen) atoms. The van der Waals surface area contributed by atoms with Crippen LogP contribution in [-0.2, 0) is 6.18 Å². The van der Waals surface area contributed by atoms with Crippen LogP contribution in [0.1, 0.15) is 50.8 Å². The van der Waals surface area contributed by atoms with Gasteiger partial charge >= 0.3 is 6.18 Å². The first-order chi connectivity index (χ1) is 15.1. The van der Waals surface area contributed by atoms with Crippen molar-refractivity contribution >= 4 is 22.7 Å². The Hall–Kier alpha value is -4.09. The first-order valence-corrected chi connectivity index (χ1v) is 9.46. The van der Waals surface area contributed by atoms with E-state index in [9.17, 15) is 22.8 Å². The van der Waals surface area contributed by atoms with Gasteiger partial charge in [-0.1, -0.05) is 0 Å². The Balaban J connectivity index is 1.59. The van der Waals surface area contributed by atoms with Gasteiger partial charge in [-0.15, -0.1) is 0 Å². The number of benzene rings is 1. The molecule has 1 atom stereocenters. The van der Waals surface area contributed by atoms with Crippen LogP contribution in [0, 0.1) is 6.92 Å². The van der Waals surface area contributed by atoms with Crippen molar-refractivity contribution in [1.29, 1.82) is 0 Å². The van der Waals surface area contributed by atoms with E-state index >= 15 is 0 Å². The number of hydrogen-bond donors (Lipinski definition) is 5. The van der Waals surface area contributed by atoms with Gasteiger partial charge in [-0.25, -0.2) is 0 Å². The molecule has 3 aromatic heterocycles. The van der Waals surface area contributed by atoms with Crippen molar-refractivity contribution in [2.24, 2.45) is 5.73 Å². The third-order valence-electron chi connectivity index (χ3n) is 5.18. The SMILES string of the molecule is Cc1c(-c2n[nH]c3cc(C(F)(F)F)ccc23)c[nH]c1C(=O)NC(C)c1cc(C(N)=O)n[nH]1. The fourth-order valence-corrected chi connectivity index (χ4v) is 3.41. The molecule has 1 unspecified atom stereocenters. The third-order valence-corrected chi connectivity index (χ3v) is 5.18. The fraction of sp³-hybridized carbons (Fsp3) is 0.200. The molecule has 4 aromatic rings. The zero-order valence-electron chi connectivity index (χ0n) is 16.9. The number of carbonyl (C=O) groups excluding carboxylic acids is 2. The Bertz CT molecular complexity index is 1330. The lowest BCUT2D eigenvalue weighted by molar-refractivity contribution is -0.137. The topological polar surface area (TPSA) is 145 Å². The van der Waals surface area contributed by atoms with Crippen LogP contribution >= 0.6 is 0 Å². The molecule has 0 saturated heterocycles. The maximum atomic E-state index is 13.0. The largest absolute Gasteiger partial charge is 0.416 e. The molecule has 0 bridgehead atoms. The predicted molar refractivity (Wildman–Crippen MR) is 109 cm³/mol. The van der Waals surface area contributed by atoms with Gasteiger partial charge in [-0.2, -0.15) is 23.4 Å². The van der Waals surface area contributed by atoms with Gasteiger partial charge in [-0.05, 0) is 43.7 Å². The van der Waals surface area contributed by atoms with Gasteiger partial charge in [0.15, 0.2) is 0 Å². The van der Waals surface area contributed by atoms with Crippen molar-refractivity contribution in [3.8, 4) is 11.3 Å². The van der Waals surface area contributed by atoms with Crippen LogP contribution in [0.15, 0.2) is 30.5 Å². The molecular weight excluding hydrogens is 427 g/mol. The number of hydrogen-bond acceptors (Lipinski definition) is 4. The Morgan fingerprint density at radius 1 is 1.16 bits per heavy atom. The lowest BCUT2D eigenvalue weighted by Gasteiger charge is -2.11. The van der Waals surface area contributed by atoms with E-state index in [-0.39, 0.29) is 16.9 Å². The first kappa shape index (κ1) is 21.2. The van der Waals surface area contributed by atoms with Gasteiger partial charge in [-0.3, -0.25) is 19.8 Å². The second-order valence-electron chi connectivity index (χ2n) is 7.30.